The number of hydrogen-bond acceptors (Lipinski definition) is 3. The summed E-state index contributed by atoms with van der Waals surface area (Å²) in [6, 6.07) is 2.82. The Hall–Kier alpha value is -0.380. The molecule has 2 unspecified atom stereocenters. The van der Waals surface area contributed by atoms with Crippen LogP contribution in [-0.4, -0.2) is 31.1 Å². The minimum atomic E-state index is 0.563. The van der Waals surface area contributed by atoms with Crippen LogP contribution < -0.4 is 5.32 Å². The zero-order chi connectivity index (χ0) is 12.1. The highest BCUT2D eigenvalue weighted by Crippen LogP contribution is 2.24. The van der Waals surface area contributed by atoms with Gasteiger partial charge in [0, 0.05) is 12.6 Å². The van der Waals surface area contributed by atoms with Crippen LogP contribution in [0.2, 0.25) is 0 Å². The van der Waals surface area contributed by atoms with Gasteiger partial charge in [0.1, 0.15) is 0 Å². The molecule has 1 aliphatic rings. The predicted molar refractivity (Wildman–Crippen MR) is 75.6 cm³/mol. The third-order valence-electron chi connectivity index (χ3n) is 3.87. The first-order valence-electron chi connectivity index (χ1n) is 6.78. The highest BCUT2D eigenvalue weighted by atomic mass is 32.1. The van der Waals surface area contributed by atoms with Gasteiger partial charge in [-0.25, -0.2) is 0 Å². The van der Waals surface area contributed by atoms with E-state index in [1.165, 1.54) is 38.0 Å². The number of piperidine rings is 1. The van der Waals surface area contributed by atoms with E-state index >= 15 is 0 Å². The third kappa shape index (κ3) is 3.54. The minimum absolute atomic E-state index is 0.563. The fraction of sp³-hybridized carbons (Fsp3) is 0.714. The number of rotatable bonds is 5. The molecule has 0 radical (unpaired) electrons. The van der Waals surface area contributed by atoms with Gasteiger partial charge in [-0.05, 0) is 67.7 Å². The SMILES string of the molecule is CCN(CC1CCCNC1)C(C)c1ccsc1. The van der Waals surface area contributed by atoms with Crippen LogP contribution in [0.25, 0.3) is 0 Å². The Kier molecular flexibility index (Phi) is 5.01. The number of thiophene rings is 1. The van der Waals surface area contributed by atoms with Crippen LogP contribution in [0.5, 0.6) is 0 Å². The lowest BCUT2D eigenvalue weighted by atomic mass is 9.98. The third-order valence-corrected chi connectivity index (χ3v) is 4.57. The van der Waals surface area contributed by atoms with Crippen molar-refractivity contribution in [3.05, 3.63) is 22.4 Å². The summed E-state index contributed by atoms with van der Waals surface area (Å²) in [7, 11) is 0. The van der Waals surface area contributed by atoms with Gasteiger partial charge in [-0.1, -0.05) is 6.92 Å². The normalized spacial score (nSPS) is 22.9. The fourth-order valence-corrected chi connectivity index (χ4v) is 3.44. The van der Waals surface area contributed by atoms with Crippen molar-refractivity contribution >= 4 is 11.3 Å². The van der Waals surface area contributed by atoms with Gasteiger partial charge in [0.15, 0.2) is 0 Å². The molecular formula is C14H24N2S. The molecule has 0 spiro atoms. The molecule has 1 saturated heterocycles. The van der Waals surface area contributed by atoms with E-state index in [-0.39, 0.29) is 0 Å². The molecule has 1 aliphatic heterocycles. The average molecular weight is 252 g/mol. The van der Waals surface area contributed by atoms with Crippen LogP contribution in [0.15, 0.2) is 16.8 Å². The molecule has 0 aromatic carbocycles. The second-order valence-electron chi connectivity index (χ2n) is 5.03. The minimum Gasteiger partial charge on any atom is -0.316 e. The molecule has 2 heterocycles. The molecule has 0 saturated carbocycles. The van der Waals surface area contributed by atoms with Crippen LogP contribution in [0.4, 0.5) is 0 Å². The summed E-state index contributed by atoms with van der Waals surface area (Å²) in [5.41, 5.74) is 1.47. The topological polar surface area (TPSA) is 15.3 Å². The van der Waals surface area contributed by atoms with E-state index in [0.717, 1.165) is 12.5 Å². The Bertz CT molecular complexity index is 304. The van der Waals surface area contributed by atoms with Gasteiger partial charge in [-0.15, -0.1) is 0 Å². The summed E-state index contributed by atoms with van der Waals surface area (Å²) < 4.78 is 0. The first-order chi connectivity index (χ1) is 8.31. The average Bonchev–Trinajstić information content (AvgIpc) is 2.90. The molecule has 0 bridgehead atoms. The maximum absolute atomic E-state index is 3.51. The number of hydrogen-bond donors (Lipinski definition) is 1. The van der Waals surface area contributed by atoms with Crippen molar-refractivity contribution in [1.29, 1.82) is 0 Å². The van der Waals surface area contributed by atoms with Gasteiger partial charge in [0.2, 0.25) is 0 Å². The molecule has 96 valence electrons. The molecule has 17 heavy (non-hydrogen) atoms. The lowest BCUT2D eigenvalue weighted by Crippen LogP contribution is -2.39. The highest BCUT2D eigenvalue weighted by molar-refractivity contribution is 7.07. The molecular weight excluding hydrogens is 228 g/mol. The van der Waals surface area contributed by atoms with Gasteiger partial charge in [-0.3, -0.25) is 4.90 Å². The summed E-state index contributed by atoms with van der Waals surface area (Å²) in [5, 5.41) is 7.98. The van der Waals surface area contributed by atoms with E-state index < -0.39 is 0 Å². The Balaban J connectivity index is 1.91. The van der Waals surface area contributed by atoms with E-state index in [2.05, 4.69) is 40.9 Å². The summed E-state index contributed by atoms with van der Waals surface area (Å²) >= 11 is 1.80. The van der Waals surface area contributed by atoms with Crippen LogP contribution >= 0.6 is 11.3 Å². The molecule has 1 fully saturated rings. The predicted octanol–water partition coefficient (Wildman–Crippen LogP) is 3.13. The maximum Gasteiger partial charge on any atom is 0.0328 e. The molecule has 1 N–H and O–H groups in total. The zero-order valence-electron chi connectivity index (χ0n) is 11.0. The molecule has 2 atom stereocenters. The van der Waals surface area contributed by atoms with Crippen LogP contribution in [0.1, 0.15) is 38.3 Å². The summed E-state index contributed by atoms with van der Waals surface area (Å²) in [5.74, 6) is 0.838. The first kappa shape index (κ1) is 13.1. The van der Waals surface area contributed by atoms with E-state index in [1.54, 1.807) is 11.3 Å². The Labute approximate surface area is 109 Å². The van der Waals surface area contributed by atoms with Crippen molar-refractivity contribution in [2.45, 2.75) is 32.7 Å². The van der Waals surface area contributed by atoms with E-state index in [9.17, 15) is 0 Å². The molecule has 0 amide bonds. The van der Waals surface area contributed by atoms with Crippen molar-refractivity contribution < 1.29 is 0 Å². The van der Waals surface area contributed by atoms with Crippen molar-refractivity contribution in [2.24, 2.45) is 5.92 Å². The van der Waals surface area contributed by atoms with Crippen molar-refractivity contribution in [3.8, 4) is 0 Å². The van der Waals surface area contributed by atoms with Crippen LogP contribution in [0.3, 0.4) is 0 Å². The lowest BCUT2D eigenvalue weighted by Gasteiger charge is -2.33. The lowest BCUT2D eigenvalue weighted by molar-refractivity contribution is 0.171. The largest absolute Gasteiger partial charge is 0.316 e. The molecule has 1 aromatic heterocycles. The molecule has 3 heteroatoms. The molecule has 2 rings (SSSR count). The highest BCUT2D eigenvalue weighted by Gasteiger charge is 2.20. The van der Waals surface area contributed by atoms with Crippen LogP contribution in [0, 0.1) is 5.92 Å². The van der Waals surface area contributed by atoms with E-state index in [4.69, 9.17) is 0 Å². The van der Waals surface area contributed by atoms with Gasteiger partial charge in [-0.2, -0.15) is 11.3 Å². The smallest absolute Gasteiger partial charge is 0.0328 e. The Morgan fingerprint density at radius 2 is 2.47 bits per heavy atom. The van der Waals surface area contributed by atoms with Gasteiger partial charge in [0.05, 0.1) is 0 Å². The zero-order valence-corrected chi connectivity index (χ0v) is 11.8. The molecule has 0 aliphatic carbocycles. The summed E-state index contributed by atoms with van der Waals surface area (Å²) in [6.07, 6.45) is 2.73. The number of nitrogens with zero attached hydrogens (tertiary/aromatic N) is 1. The summed E-state index contributed by atoms with van der Waals surface area (Å²) in [4.78, 5) is 2.61. The van der Waals surface area contributed by atoms with Gasteiger partial charge < -0.3 is 5.32 Å². The quantitative estimate of drug-likeness (QED) is 0.866. The molecule has 2 nitrogen and oxygen atoms in total. The summed E-state index contributed by atoms with van der Waals surface area (Å²) in [6.45, 7) is 9.41. The van der Waals surface area contributed by atoms with E-state index in [1.807, 2.05) is 0 Å². The molecule has 1 aromatic rings. The van der Waals surface area contributed by atoms with E-state index in [0.29, 0.717) is 6.04 Å². The van der Waals surface area contributed by atoms with Crippen molar-refractivity contribution in [1.82, 2.24) is 10.2 Å². The van der Waals surface area contributed by atoms with Gasteiger partial charge in [0.25, 0.3) is 0 Å². The van der Waals surface area contributed by atoms with Gasteiger partial charge >= 0.3 is 0 Å². The second-order valence-corrected chi connectivity index (χ2v) is 5.81. The van der Waals surface area contributed by atoms with Crippen LogP contribution in [-0.2, 0) is 0 Å². The second kappa shape index (κ2) is 6.53. The van der Waals surface area contributed by atoms with Crippen molar-refractivity contribution in [2.75, 3.05) is 26.2 Å². The standard InChI is InChI=1S/C14H24N2S/c1-3-16(10-13-5-4-7-15-9-13)12(2)14-6-8-17-11-14/h6,8,11-13,15H,3-5,7,9-10H2,1-2H3. The first-order valence-corrected chi connectivity index (χ1v) is 7.72. The Morgan fingerprint density at radius 3 is 3.06 bits per heavy atom. The van der Waals surface area contributed by atoms with Crippen molar-refractivity contribution in [3.63, 3.8) is 0 Å². The monoisotopic (exact) mass is 252 g/mol. The Morgan fingerprint density at radius 1 is 1.59 bits per heavy atom. The fourth-order valence-electron chi connectivity index (χ4n) is 2.70. The number of nitrogens with one attached hydrogen (secondary N) is 1. The maximum atomic E-state index is 3.51.